The van der Waals surface area contributed by atoms with Gasteiger partial charge in [-0.1, -0.05) is 42.5 Å². The Morgan fingerprint density at radius 3 is 2.52 bits per heavy atom. The maximum Gasteiger partial charge on any atom is 0.358 e. The number of nitrogens with one attached hydrogen (secondary N) is 1. The summed E-state index contributed by atoms with van der Waals surface area (Å²) >= 11 is 1.46. The first-order valence-corrected chi connectivity index (χ1v) is 7.87. The van der Waals surface area contributed by atoms with Gasteiger partial charge in [0.15, 0.2) is 0 Å². The number of aromatic nitrogens is 3. The highest BCUT2D eigenvalue weighted by atomic mass is 32.2. The maximum atomic E-state index is 10.7. The van der Waals surface area contributed by atoms with E-state index in [1.807, 2.05) is 30.3 Å². The van der Waals surface area contributed by atoms with Crippen molar-refractivity contribution in [1.82, 2.24) is 10.2 Å². The van der Waals surface area contributed by atoms with Crippen LogP contribution < -0.4 is 15.6 Å². The van der Waals surface area contributed by atoms with E-state index in [9.17, 15) is 9.90 Å². The van der Waals surface area contributed by atoms with Crippen LogP contribution in [-0.4, -0.2) is 16.2 Å². The molecule has 0 saturated carbocycles. The van der Waals surface area contributed by atoms with Crippen LogP contribution in [0, 0.1) is 0 Å². The molecule has 1 heterocycles. The van der Waals surface area contributed by atoms with E-state index in [4.69, 9.17) is 5.84 Å². The van der Waals surface area contributed by atoms with E-state index in [0.717, 1.165) is 17.0 Å². The second-order valence-corrected chi connectivity index (χ2v) is 5.81. The van der Waals surface area contributed by atoms with Crippen LogP contribution in [-0.2, 0) is 5.75 Å². The highest BCUT2D eigenvalue weighted by Crippen LogP contribution is 2.20. The number of aromatic carboxylic acids is 1. The minimum absolute atomic E-state index is 0.166. The Morgan fingerprint density at radius 2 is 1.87 bits per heavy atom. The zero-order valence-electron chi connectivity index (χ0n) is 12.1. The summed E-state index contributed by atoms with van der Waals surface area (Å²) in [6.07, 6.45) is 0. The molecule has 0 unspecified atom stereocenters. The molecule has 0 radical (unpaired) electrons. The summed E-state index contributed by atoms with van der Waals surface area (Å²) < 4.78 is 1.51. The Hall–Kier alpha value is -2.80. The van der Waals surface area contributed by atoms with E-state index in [0.29, 0.717) is 10.9 Å². The van der Waals surface area contributed by atoms with Gasteiger partial charge in [-0.2, -0.15) is 0 Å². The highest BCUT2D eigenvalue weighted by molar-refractivity contribution is 7.98. The standard InChI is InChI=1S/C16H14N4O2S/c17-20-14(12-4-2-1-3-5-12)18-19-16(20)23-10-11-6-8-13(9-7-11)15(21)22/h1-9H,10,17H2,(H,21,22). The van der Waals surface area contributed by atoms with Crippen LogP contribution in [0.4, 0.5) is 0 Å². The third kappa shape index (κ3) is 3.35. The topological polar surface area (TPSA) is 98.7 Å². The molecule has 23 heavy (non-hydrogen) atoms. The highest BCUT2D eigenvalue weighted by Gasteiger charge is 2.19. The Labute approximate surface area is 136 Å². The van der Waals surface area contributed by atoms with Crippen molar-refractivity contribution in [3.63, 3.8) is 0 Å². The lowest BCUT2D eigenvalue weighted by Gasteiger charge is -2.03. The Balaban J connectivity index is 1.72. The fourth-order valence-corrected chi connectivity index (χ4v) is 2.92. The Kier molecular flexibility index (Phi) is 4.29. The van der Waals surface area contributed by atoms with Crippen molar-refractivity contribution >= 4 is 17.7 Å². The van der Waals surface area contributed by atoms with Gasteiger partial charge in [-0.05, 0) is 35.0 Å². The quantitative estimate of drug-likeness (QED) is 0.409. The zero-order valence-corrected chi connectivity index (χ0v) is 12.9. The van der Waals surface area contributed by atoms with E-state index in [2.05, 4.69) is 10.2 Å². The maximum absolute atomic E-state index is 10.7. The molecule has 7 heteroatoms. The molecule has 0 atom stereocenters. The average molecular weight is 326 g/mol. The van der Waals surface area contributed by atoms with Gasteiger partial charge in [-0.15, -0.1) is 9.77 Å². The summed E-state index contributed by atoms with van der Waals surface area (Å²) in [5.74, 6) is 6.25. The average Bonchev–Trinajstić information content (AvgIpc) is 2.95. The van der Waals surface area contributed by atoms with Crippen molar-refractivity contribution in [3.05, 3.63) is 65.7 Å². The number of hydrogen-bond donors (Lipinski definition) is 2. The first-order valence-electron chi connectivity index (χ1n) is 6.89. The number of H-pyrrole nitrogens is 1. The summed E-state index contributed by atoms with van der Waals surface area (Å²) in [5.41, 5.74) is 2.09. The van der Waals surface area contributed by atoms with Gasteiger partial charge < -0.3 is 9.90 Å². The number of benzene rings is 2. The van der Waals surface area contributed by atoms with Gasteiger partial charge in [0.2, 0.25) is 0 Å². The van der Waals surface area contributed by atoms with E-state index < -0.39 is 5.97 Å². The van der Waals surface area contributed by atoms with E-state index in [1.165, 1.54) is 28.6 Å². The molecule has 0 fully saturated rings. The van der Waals surface area contributed by atoms with Crippen molar-refractivity contribution in [2.45, 2.75) is 10.9 Å². The van der Waals surface area contributed by atoms with Crippen LogP contribution in [0.5, 0.6) is 0 Å². The van der Waals surface area contributed by atoms with Crippen LogP contribution in [0.15, 0.2) is 59.8 Å². The normalized spacial score (nSPS) is 10.6. The number of rotatable bonds is 5. The van der Waals surface area contributed by atoms with Crippen LogP contribution in [0.1, 0.15) is 15.9 Å². The molecule has 3 aromatic rings. The Morgan fingerprint density at radius 1 is 1.17 bits per heavy atom. The van der Waals surface area contributed by atoms with Gasteiger partial charge in [-0.25, -0.2) is 0 Å². The molecule has 3 N–H and O–H groups in total. The molecular weight excluding hydrogens is 312 g/mol. The summed E-state index contributed by atoms with van der Waals surface area (Å²) in [7, 11) is 0. The summed E-state index contributed by atoms with van der Waals surface area (Å²) in [4.78, 5) is 10.7. The molecule has 0 aliphatic carbocycles. The van der Waals surface area contributed by atoms with Gasteiger partial charge in [0, 0.05) is 5.75 Å². The number of carbonyl (C=O) groups excluding carboxylic acids is 1. The predicted octanol–water partition coefficient (Wildman–Crippen LogP) is 0.734. The molecule has 0 aliphatic heterocycles. The number of aromatic amines is 1. The number of nitrogen functional groups attached to an aromatic ring is 1. The molecule has 0 spiro atoms. The lowest BCUT2D eigenvalue weighted by molar-refractivity contribution is -0.666. The largest absolute Gasteiger partial charge is 0.545 e. The third-order valence-corrected chi connectivity index (χ3v) is 4.33. The number of nitrogens with two attached hydrogens (primary N) is 1. The molecule has 116 valence electrons. The van der Waals surface area contributed by atoms with Gasteiger partial charge in [0.25, 0.3) is 5.82 Å². The fraction of sp³-hybridized carbons (Fsp3) is 0.0625. The second-order valence-electron chi connectivity index (χ2n) is 4.86. The molecule has 3 rings (SSSR count). The zero-order chi connectivity index (χ0) is 16.2. The van der Waals surface area contributed by atoms with E-state index >= 15 is 0 Å². The molecule has 1 aromatic heterocycles. The van der Waals surface area contributed by atoms with Crippen LogP contribution in [0.3, 0.4) is 0 Å². The molecule has 0 saturated heterocycles. The molecular formula is C16H14N4O2S. The summed E-state index contributed by atoms with van der Waals surface area (Å²) in [5, 5.41) is 18.5. The summed E-state index contributed by atoms with van der Waals surface area (Å²) in [6.45, 7) is 0. The van der Waals surface area contributed by atoms with E-state index in [-0.39, 0.29) is 5.56 Å². The first kappa shape index (κ1) is 15.1. The van der Waals surface area contributed by atoms with Gasteiger partial charge in [0.05, 0.1) is 16.6 Å². The predicted molar refractivity (Wildman–Crippen MR) is 84.7 cm³/mol. The molecule has 6 nitrogen and oxygen atoms in total. The van der Waals surface area contributed by atoms with Crippen molar-refractivity contribution in [2.24, 2.45) is 0 Å². The monoisotopic (exact) mass is 326 g/mol. The fourth-order valence-electron chi connectivity index (χ4n) is 2.09. The van der Waals surface area contributed by atoms with E-state index in [1.54, 1.807) is 12.1 Å². The number of thioether (sulfide) groups is 1. The molecule has 0 amide bonds. The number of carboxylic acid groups (broad SMARTS) is 1. The SMILES string of the molecule is N[n+]1c(SCc2ccc(C(=O)[O-])cc2)n[nH]c1-c1ccccc1. The van der Waals surface area contributed by atoms with Gasteiger partial charge in [-0.3, -0.25) is 5.84 Å². The van der Waals surface area contributed by atoms with Crippen LogP contribution >= 0.6 is 11.8 Å². The third-order valence-electron chi connectivity index (χ3n) is 3.31. The lowest BCUT2D eigenvalue weighted by atomic mass is 10.1. The minimum Gasteiger partial charge on any atom is -0.545 e. The number of hydrogen-bond acceptors (Lipinski definition) is 5. The second kappa shape index (κ2) is 6.53. The van der Waals surface area contributed by atoms with Crippen molar-refractivity contribution in [1.29, 1.82) is 0 Å². The number of nitrogens with zero attached hydrogens (tertiary/aromatic N) is 2. The molecule has 2 aromatic carbocycles. The van der Waals surface area contributed by atoms with Crippen molar-refractivity contribution in [3.8, 4) is 11.4 Å². The number of carbonyl (C=O) groups is 1. The van der Waals surface area contributed by atoms with Crippen LogP contribution in [0.2, 0.25) is 0 Å². The van der Waals surface area contributed by atoms with Gasteiger partial charge >= 0.3 is 5.16 Å². The minimum atomic E-state index is -1.18. The molecule has 0 bridgehead atoms. The van der Waals surface area contributed by atoms with Gasteiger partial charge in [0.1, 0.15) is 0 Å². The van der Waals surface area contributed by atoms with Crippen molar-refractivity contribution in [2.75, 3.05) is 5.84 Å². The number of carboxylic acids is 1. The molecule has 0 aliphatic rings. The lowest BCUT2D eigenvalue weighted by Crippen LogP contribution is -2.46. The van der Waals surface area contributed by atoms with Crippen LogP contribution in [0.25, 0.3) is 11.4 Å². The Bertz CT molecular complexity index is 816. The van der Waals surface area contributed by atoms with Crippen molar-refractivity contribution < 1.29 is 14.6 Å². The summed E-state index contributed by atoms with van der Waals surface area (Å²) in [6, 6.07) is 16.3. The smallest absolute Gasteiger partial charge is 0.358 e. The first-order chi connectivity index (χ1) is 11.1.